The molecule has 0 spiro atoms. The van der Waals surface area contributed by atoms with E-state index in [4.69, 9.17) is 40.9 Å². The van der Waals surface area contributed by atoms with E-state index in [1.165, 1.54) is 33.0 Å². The molecule has 0 unspecified atom stereocenters. The predicted molar refractivity (Wildman–Crippen MR) is 382 cm³/mol. The number of carbonyl (C=O) groups excluding carboxylic acids is 4. The molecular weight excluding hydrogens is 1340 g/mol. The van der Waals surface area contributed by atoms with E-state index in [0.717, 1.165) is 74.0 Å². The normalized spacial score (nSPS) is 21.7. The molecule has 490 valence electrons. The summed E-state index contributed by atoms with van der Waals surface area (Å²) in [4.78, 5) is 65.5. The minimum Gasteiger partial charge on any atom is -0.398 e. The van der Waals surface area contributed by atoms with Gasteiger partial charge in [-0.05, 0) is 202 Å². The van der Waals surface area contributed by atoms with Crippen molar-refractivity contribution in [3.63, 3.8) is 0 Å². The van der Waals surface area contributed by atoms with E-state index in [9.17, 15) is 23.6 Å². The number of rotatable bonds is 10. The minimum atomic E-state index is -0.554. The summed E-state index contributed by atoms with van der Waals surface area (Å²) in [6.45, 7) is 13.7. The molecule has 7 aliphatic rings. The number of thiophene rings is 2. The Balaban J connectivity index is 0.000000226. The topological polar surface area (TPSA) is 206 Å². The zero-order valence-electron chi connectivity index (χ0n) is 49.5. The number of nitrogens with zero attached hydrogens (tertiary/aromatic N) is 8. The van der Waals surface area contributed by atoms with Crippen LogP contribution in [0.3, 0.4) is 0 Å². The Labute approximate surface area is 576 Å². The Bertz CT molecular complexity index is 3990. The SMILES string of the molecule is C.C.C.C[C@@H]1c2ccsc2CCN1C(=O)c1cc(C2CC2)n2nc(-c3ccc([C@H]4C[C@@H]4C(N)=O)cc3F)cc2n1.C[C@@H]1c2ccsc2CCN1C(=O)c1cc(C2CC2)n2nc(B3OC(C)(C)C(C)(C)O3)cc2n1.NC(=O)[C@H]1C[C@@H]1c1ccc(Br)c(F)c1.S.S.S.S. The van der Waals surface area contributed by atoms with Gasteiger partial charge >= 0.3 is 7.12 Å². The molecule has 15 rings (SSSR count). The molecule has 6 aromatic heterocycles. The number of amides is 4. The van der Waals surface area contributed by atoms with Crippen LogP contribution in [0.2, 0.25) is 0 Å². The lowest BCUT2D eigenvalue weighted by molar-refractivity contribution is -0.120. The van der Waals surface area contributed by atoms with Gasteiger partial charge in [0.1, 0.15) is 23.0 Å². The molecule has 4 saturated carbocycles. The lowest BCUT2D eigenvalue weighted by Crippen LogP contribution is -2.41. The first-order valence-electron chi connectivity index (χ1n) is 28.9. The van der Waals surface area contributed by atoms with Crippen molar-refractivity contribution < 1.29 is 37.3 Å². The van der Waals surface area contributed by atoms with Gasteiger partial charge in [0.2, 0.25) is 11.8 Å². The Hall–Kier alpha value is -5.32. The Morgan fingerprint density at radius 3 is 1.48 bits per heavy atom. The van der Waals surface area contributed by atoms with E-state index in [-0.39, 0.29) is 141 Å². The Kier molecular flexibility index (Phi) is 23.6. The fourth-order valence-corrected chi connectivity index (χ4v) is 14.3. The monoisotopic (exact) mass is 1420 g/mol. The van der Waals surface area contributed by atoms with Crippen molar-refractivity contribution in [2.45, 2.75) is 162 Å². The second-order valence-electron chi connectivity index (χ2n) is 24.5. The quantitative estimate of drug-likeness (QED) is 0.124. The van der Waals surface area contributed by atoms with Gasteiger partial charge in [-0.2, -0.15) is 64.2 Å². The number of primary amides is 2. The predicted octanol–water partition coefficient (Wildman–Crippen LogP) is 13.1. The van der Waals surface area contributed by atoms with Crippen LogP contribution in [-0.2, 0) is 31.7 Å². The zero-order chi connectivity index (χ0) is 58.8. The smallest absolute Gasteiger partial charge is 0.398 e. The first-order chi connectivity index (χ1) is 40.1. The number of benzene rings is 2. The van der Waals surface area contributed by atoms with Gasteiger partial charge < -0.3 is 30.6 Å². The van der Waals surface area contributed by atoms with Crippen LogP contribution in [0.4, 0.5) is 8.78 Å². The number of hydrogen-bond donors (Lipinski definition) is 2. The van der Waals surface area contributed by atoms with Crippen LogP contribution in [0.1, 0.15) is 202 Å². The molecule has 1 saturated heterocycles. The van der Waals surface area contributed by atoms with E-state index in [1.807, 2.05) is 72.3 Å². The summed E-state index contributed by atoms with van der Waals surface area (Å²) < 4.78 is 44.8. The third-order valence-electron chi connectivity index (χ3n) is 18.3. The van der Waals surface area contributed by atoms with Crippen LogP contribution in [0, 0.1) is 23.5 Å². The number of hydrogen-bond acceptors (Lipinski definition) is 12. The molecule has 16 nitrogen and oxygen atoms in total. The van der Waals surface area contributed by atoms with Gasteiger partial charge in [-0.25, -0.2) is 27.8 Å². The summed E-state index contributed by atoms with van der Waals surface area (Å²) in [7, 11) is -0.554. The van der Waals surface area contributed by atoms with Gasteiger partial charge in [-0.3, -0.25) is 19.2 Å². The molecule has 8 aromatic rings. The van der Waals surface area contributed by atoms with Crippen molar-refractivity contribution in [3.05, 3.63) is 154 Å². The van der Waals surface area contributed by atoms with Gasteiger partial charge in [-0.1, -0.05) is 34.4 Å². The van der Waals surface area contributed by atoms with Crippen LogP contribution >= 0.6 is 92.6 Å². The van der Waals surface area contributed by atoms with Gasteiger partial charge in [0.25, 0.3) is 11.8 Å². The van der Waals surface area contributed by atoms with Crippen LogP contribution in [0.15, 0.2) is 88.0 Å². The third kappa shape index (κ3) is 14.5. The van der Waals surface area contributed by atoms with Crippen LogP contribution < -0.4 is 17.1 Å². The standard InChI is InChI=1S/C28H26FN5O2S.C24H29BN4O3S.C10H9BrFNO.3CH4.4H2S/c1-14-17-7-9-37-25(17)6-8-33(14)28(36)23-12-24(15-2-3-15)34-26(31-23)13-22(32-34)18-5-4-16(10-21(18)29)19-11-20(19)27(30)35;1-14-16-9-11-33-19(16)8-10-28(14)22(30)17-12-18(15-6-7-15)29-21(26-17)13-20(27-29)25-31-23(2,3)24(4,5)32-25;11-8-2-1-5(3-9(8)12)6-4-7(6)10(13)14;;;;;;;/h4-5,7,9-10,12-15,19-20H,2-3,6,8,11H2,1H3,(H2,30,35);9,11-15H,6-8,10H2,1-5H3;1-3,6-7H,4H2,(H2,13,14);3*1H4;4*1H2/t14-,19-,20+;14-;6-,7+;;;;;;;/m111......./s1. The van der Waals surface area contributed by atoms with E-state index in [1.54, 1.807) is 45.4 Å². The number of fused-ring (bicyclic) bond motifs is 4. The number of aromatic nitrogens is 6. The van der Waals surface area contributed by atoms with Crippen LogP contribution in [0.25, 0.3) is 22.6 Å². The van der Waals surface area contributed by atoms with Gasteiger partial charge in [0.15, 0.2) is 11.3 Å². The van der Waals surface area contributed by atoms with Crippen molar-refractivity contribution in [2.24, 2.45) is 23.3 Å². The van der Waals surface area contributed by atoms with Crippen molar-refractivity contribution in [1.82, 2.24) is 39.0 Å². The molecule has 0 bridgehead atoms. The van der Waals surface area contributed by atoms with E-state index in [2.05, 4.69) is 52.7 Å². The van der Waals surface area contributed by atoms with E-state index < -0.39 is 24.1 Å². The molecule has 3 aliphatic heterocycles. The van der Waals surface area contributed by atoms with Crippen LogP contribution in [-0.4, -0.2) is 94.0 Å². The second-order valence-corrected chi connectivity index (χ2v) is 27.3. The third-order valence-corrected chi connectivity index (χ3v) is 20.9. The van der Waals surface area contributed by atoms with Crippen molar-refractivity contribution >= 4 is 140 Å². The first-order valence-corrected chi connectivity index (χ1v) is 31.4. The molecule has 9 heterocycles. The molecular formula is C65H84BBrF2N10O6S6. The molecule has 6 atom stereocenters. The Morgan fingerprint density at radius 1 is 0.615 bits per heavy atom. The molecule has 4 aliphatic carbocycles. The highest BCUT2D eigenvalue weighted by molar-refractivity contribution is 9.10. The lowest BCUT2D eigenvalue weighted by atomic mass is 9.85. The first kappa shape index (κ1) is 74.7. The summed E-state index contributed by atoms with van der Waals surface area (Å²) in [6, 6.07) is 21.7. The average Bonchev–Trinajstić information content (AvgIpc) is 1.65. The van der Waals surface area contributed by atoms with Crippen molar-refractivity contribution in [1.29, 1.82) is 0 Å². The fraction of sp³-hybridized carbons (Fsp3) is 0.446. The van der Waals surface area contributed by atoms with E-state index >= 15 is 4.39 Å². The Morgan fingerprint density at radius 2 is 1.05 bits per heavy atom. The molecule has 91 heavy (non-hydrogen) atoms. The van der Waals surface area contributed by atoms with Crippen molar-refractivity contribution in [2.75, 3.05) is 13.1 Å². The number of nitrogens with two attached hydrogens (primary N) is 2. The molecule has 26 heteroatoms. The second kappa shape index (κ2) is 28.7. The van der Waals surface area contributed by atoms with Crippen LogP contribution in [0.5, 0.6) is 0 Å². The lowest BCUT2D eigenvalue weighted by Gasteiger charge is -2.33. The van der Waals surface area contributed by atoms with Gasteiger partial charge in [-0.15, -0.1) is 22.7 Å². The number of halogens is 3. The molecule has 4 amide bonds. The fourth-order valence-electron chi connectivity index (χ4n) is 12.1. The molecule has 0 radical (unpaired) electrons. The minimum absolute atomic E-state index is 0. The maximum atomic E-state index is 15.2. The van der Waals surface area contributed by atoms with Crippen molar-refractivity contribution in [3.8, 4) is 11.3 Å². The average molecular weight is 1420 g/mol. The van der Waals surface area contributed by atoms with Gasteiger partial charge in [0, 0.05) is 75.6 Å². The highest BCUT2D eigenvalue weighted by Gasteiger charge is 2.53. The molecule has 4 N–H and O–H groups in total. The van der Waals surface area contributed by atoms with Gasteiger partial charge in [0.05, 0.1) is 39.0 Å². The zero-order valence-corrected chi connectivity index (χ0v) is 56.7. The maximum absolute atomic E-state index is 15.2. The summed E-state index contributed by atoms with van der Waals surface area (Å²) in [5, 5.41) is 13.7. The molecule has 2 aromatic carbocycles. The summed E-state index contributed by atoms with van der Waals surface area (Å²) >= 11 is 6.60. The summed E-state index contributed by atoms with van der Waals surface area (Å²) in [5.41, 5.74) is 19.4. The number of carbonyl (C=O) groups is 4. The van der Waals surface area contributed by atoms with E-state index in [0.29, 0.717) is 68.8 Å². The largest absolute Gasteiger partial charge is 0.516 e. The maximum Gasteiger partial charge on any atom is 0.516 e. The highest BCUT2D eigenvalue weighted by Crippen LogP contribution is 2.49. The highest BCUT2D eigenvalue weighted by atomic mass is 79.9. The summed E-state index contributed by atoms with van der Waals surface area (Å²) in [6.07, 6.45) is 7.45. The molecule has 5 fully saturated rings. The summed E-state index contributed by atoms with van der Waals surface area (Å²) in [5.74, 6) is -0.890.